The minimum absolute atomic E-state index is 0.738. The van der Waals surface area contributed by atoms with Crippen LogP contribution in [0.2, 0.25) is 0 Å². The predicted octanol–water partition coefficient (Wildman–Crippen LogP) is 3.72. The highest BCUT2D eigenvalue weighted by Gasteiger charge is 2.06. The summed E-state index contributed by atoms with van der Waals surface area (Å²) < 4.78 is 1.19. The van der Waals surface area contributed by atoms with Gasteiger partial charge in [0.2, 0.25) is 0 Å². The first-order valence-corrected chi connectivity index (χ1v) is 5.69. The molecule has 0 bridgehead atoms. The fraction of sp³-hybridized carbons (Fsp3) is 0.600. The van der Waals surface area contributed by atoms with Crippen LogP contribution in [-0.4, -0.2) is 4.43 Å². The molecule has 0 aromatic rings. The van der Waals surface area contributed by atoms with Gasteiger partial charge in [0.05, 0.1) is 0 Å². The van der Waals surface area contributed by atoms with Crippen LogP contribution >= 0.6 is 22.6 Å². The van der Waals surface area contributed by atoms with Crippen LogP contribution in [0.1, 0.15) is 26.7 Å². The first kappa shape index (κ1) is 9.30. The van der Waals surface area contributed by atoms with Crippen molar-refractivity contribution in [1.82, 2.24) is 0 Å². The van der Waals surface area contributed by atoms with Crippen molar-refractivity contribution in [2.24, 2.45) is 5.92 Å². The van der Waals surface area contributed by atoms with E-state index in [-0.39, 0.29) is 0 Å². The summed E-state index contributed by atoms with van der Waals surface area (Å²) in [4.78, 5) is 0. The SMILES string of the molecule is CC(C)C1=CCC(CI)=CC1. The van der Waals surface area contributed by atoms with Crippen LogP contribution in [0, 0.1) is 5.92 Å². The highest BCUT2D eigenvalue weighted by Crippen LogP contribution is 2.23. The Labute approximate surface area is 82.9 Å². The van der Waals surface area contributed by atoms with Crippen LogP contribution in [0.25, 0.3) is 0 Å². The second-order valence-corrected chi connectivity index (χ2v) is 4.10. The van der Waals surface area contributed by atoms with Gasteiger partial charge in [-0.3, -0.25) is 0 Å². The van der Waals surface area contributed by atoms with Crippen molar-refractivity contribution in [2.45, 2.75) is 26.7 Å². The van der Waals surface area contributed by atoms with E-state index < -0.39 is 0 Å². The molecule has 0 unspecified atom stereocenters. The molecular formula is C10H15I. The Hall–Kier alpha value is 0.210. The lowest BCUT2D eigenvalue weighted by Gasteiger charge is -2.15. The van der Waals surface area contributed by atoms with E-state index in [0.29, 0.717) is 0 Å². The number of alkyl halides is 1. The second kappa shape index (κ2) is 4.29. The van der Waals surface area contributed by atoms with Gasteiger partial charge in [-0.2, -0.15) is 0 Å². The lowest BCUT2D eigenvalue weighted by atomic mass is 9.93. The topological polar surface area (TPSA) is 0 Å². The van der Waals surface area contributed by atoms with Crippen molar-refractivity contribution in [3.8, 4) is 0 Å². The predicted molar refractivity (Wildman–Crippen MR) is 59.1 cm³/mol. The highest BCUT2D eigenvalue weighted by molar-refractivity contribution is 14.1. The molecule has 0 saturated heterocycles. The number of allylic oxidation sites excluding steroid dienone is 4. The van der Waals surface area contributed by atoms with Gasteiger partial charge in [0, 0.05) is 4.43 Å². The van der Waals surface area contributed by atoms with Crippen LogP contribution in [0.3, 0.4) is 0 Å². The Kier molecular flexibility index (Phi) is 3.63. The van der Waals surface area contributed by atoms with Crippen molar-refractivity contribution in [3.05, 3.63) is 23.3 Å². The average molecular weight is 262 g/mol. The van der Waals surface area contributed by atoms with Crippen molar-refractivity contribution >= 4 is 22.6 Å². The molecule has 1 heteroatoms. The van der Waals surface area contributed by atoms with Crippen molar-refractivity contribution in [1.29, 1.82) is 0 Å². The van der Waals surface area contributed by atoms with Crippen LogP contribution in [-0.2, 0) is 0 Å². The van der Waals surface area contributed by atoms with Gasteiger partial charge in [-0.05, 0) is 18.8 Å². The fourth-order valence-corrected chi connectivity index (χ4v) is 1.89. The summed E-state index contributed by atoms with van der Waals surface area (Å²) in [7, 11) is 0. The quantitative estimate of drug-likeness (QED) is 0.404. The van der Waals surface area contributed by atoms with Crippen LogP contribution in [0.5, 0.6) is 0 Å². The molecule has 11 heavy (non-hydrogen) atoms. The molecule has 0 nitrogen and oxygen atoms in total. The van der Waals surface area contributed by atoms with E-state index in [1.54, 1.807) is 11.1 Å². The highest BCUT2D eigenvalue weighted by atomic mass is 127. The van der Waals surface area contributed by atoms with Crippen molar-refractivity contribution in [3.63, 3.8) is 0 Å². The molecule has 0 saturated carbocycles. The smallest absolute Gasteiger partial charge is 0.0209 e. The molecule has 1 rings (SSSR count). The summed E-state index contributed by atoms with van der Waals surface area (Å²) >= 11 is 2.43. The van der Waals surface area contributed by atoms with Gasteiger partial charge in [0.1, 0.15) is 0 Å². The third-order valence-electron chi connectivity index (χ3n) is 2.17. The maximum atomic E-state index is 2.43. The number of hydrogen-bond acceptors (Lipinski definition) is 0. The van der Waals surface area contributed by atoms with Gasteiger partial charge in [-0.15, -0.1) is 0 Å². The molecule has 0 spiro atoms. The maximum absolute atomic E-state index is 2.43. The standard InChI is InChI=1S/C10H15I/c1-8(2)10-5-3-9(7-11)4-6-10/h3,6,8H,4-5,7H2,1-2H3. The zero-order valence-corrected chi connectivity index (χ0v) is 9.39. The van der Waals surface area contributed by atoms with Crippen LogP contribution < -0.4 is 0 Å². The molecule has 0 fully saturated rings. The minimum atomic E-state index is 0.738. The van der Waals surface area contributed by atoms with Crippen molar-refractivity contribution in [2.75, 3.05) is 4.43 Å². The Bertz CT molecular complexity index is 187. The summed E-state index contributed by atoms with van der Waals surface area (Å²) in [6.45, 7) is 4.55. The molecule has 1 aliphatic carbocycles. The first-order valence-electron chi connectivity index (χ1n) is 4.17. The Morgan fingerprint density at radius 2 is 2.09 bits per heavy atom. The van der Waals surface area contributed by atoms with Gasteiger partial charge < -0.3 is 0 Å². The van der Waals surface area contributed by atoms with E-state index in [2.05, 4.69) is 48.6 Å². The third kappa shape index (κ3) is 2.62. The van der Waals surface area contributed by atoms with Gasteiger partial charge in [-0.1, -0.05) is 59.7 Å². The van der Waals surface area contributed by atoms with Gasteiger partial charge in [0.15, 0.2) is 0 Å². The summed E-state index contributed by atoms with van der Waals surface area (Å²) in [5.74, 6) is 0.738. The van der Waals surface area contributed by atoms with E-state index >= 15 is 0 Å². The summed E-state index contributed by atoms with van der Waals surface area (Å²) in [5, 5.41) is 0. The molecule has 62 valence electrons. The summed E-state index contributed by atoms with van der Waals surface area (Å²) in [5.41, 5.74) is 3.20. The van der Waals surface area contributed by atoms with Gasteiger partial charge in [-0.25, -0.2) is 0 Å². The lowest BCUT2D eigenvalue weighted by molar-refractivity contribution is 0.733. The zero-order chi connectivity index (χ0) is 8.27. The molecule has 1 aliphatic rings. The normalized spacial score (nSPS) is 18.2. The fourth-order valence-electron chi connectivity index (χ4n) is 1.27. The van der Waals surface area contributed by atoms with Gasteiger partial charge >= 0.3 is 0 Å². The molecule has 0 N–H and O–H groups in total. The molecule has 0 aromatic heterocycles. The van der Waals surface area contributed by atoms with E-state index in [9.17, 15) is 0 Å². The molecule has 0 radical (unpaired) electrons. The summed E-state index contributed by atoms with van der Waals surface area (Å²) in [6.07, 6.45) is 7.17. The second-order valence-electron chi connectivity index (χ2n) is 3.34. The van der Waals surface area contributed by atoms with Crippen molar-refractivity contribution < 1.29 is 0 Å². The number of rotatable bonds is 2. The molecular weight excluding hydrogens is 247 g/mol. The van der Waals surface area contributed by atoms with Gasteiger partial charge in [0.25, 0.3) is 0 Å². The molecule has 0 aromatic carbocycles. The lowest BCUT2D eigenvalue weighted by Crippen LogP contribution is -1.99. The van der Waals surface area contributed by atoms with E-state index in [1.807, 2.05) is 0 Å². The van der Waals surface area contributed by atoms with Crippen LogP contribution in [0.4, 0.5) is 0 Å². The van der Waals surface area contributed by atoms with E-state index in [4.69, 9.17) is 0 Å². The monoisotopic (exact) mass is 262 g/mol. The number of halogens is 1. The molecule has 0 heterocycles. The largest absolute Gasteiger partial charge is 0.0815 e. The van der Waals surface area contributed by atoms with Crippen LogP contribution in [0.15, 0.2) is 23.3 Å². The molecule has 0 amide bonds. The maximum Gasteiger partial charge on any atom is 0.0209 e. The van der Waals surface area contributed by atoms with E-state index in [0.717, 1.165) is 5.92 Å². The van der Waals surface area contributed by atoms with E-state index in [1.165, 1.54) is 17.3 Å². The Balaban J connectivity index is 2.50. The number of hydrogen-bond donors (Lipinski definition) is 0. The zero-order valence-electron chi connectivity index (χ0n) is 7.23. The molecule has 0 atom stereocenters. The molecule has 0 aliphatic heterocycles. The average Bonchev–Trinajstić information content (AvgIpc) is 2.05. The Morgan fingerprint density at radius 3 is 2.45 bits per heavy atom. The third-order valence-corrected chi connectivity index (χ3v) is 3.15. The minimum Gasteiger partial charge on any atom is -0.0815 e. The Morgan fingerprint density at radius 1 is 1.36 bits per heavy atom. The first-order chi connectivity index (χ1) is 5.24. The summed E-state index contributed by atoms with van der Waals surface area (Å²) in [6, 6.07) is 0.